The normalized spacial score (nSPS) is 24.0. The number of rotatable bonds is 8. The number of carbonyl (C=O) groups excluding carboxylic acids is 4. The number of aryl methyl sites for hydroxylation is 1. The van der Waals surface area contributed by atoms with Crippen molar-refractivity contribution < 1.29 is 29.0 Å². The summed E-state index contributed by atoms with van der Waals surface area (Å²) in [6.45, 7) is 12.7. The Hall–Kier alpha value is -6.89. The van der Waals surface area contributed by atoms with Gasteiger partial charge in [-0.2, -0.15) is 0 Å². The lowest BCUT2D eigenvalue weighted by atomic mass is 9.90. The van der Waals surface area contributed by atoms with E-state index in [0.717, 1.165) is 81.0 Å². The average Bonchev–Trinajstić information content (AvgIpc) is 3.93. The van der Waals surface area contributed by atoms with Crippen molar-refractivity contribution in [2.75, 3.05) is 54.4 Å². The van der Waals surface area contributed by atoms with E-state index in [1.165, 1.54) is 15.8 Å². The Bertz CT molecular complexity index is 3130. The monoisotopic (exact) mass is 975 g/mol. The van der Waals surface area contributed by atoms with Crippen LogP contribution >= 0.6 is 0 Å². The number of aromatic nitrogens is 4. The van der Waals surface area contributed by atoms with Gasteiger partial charge in [-0.3, -0.25) is 44.0 Å². The fourth-order valence-corrected chi connectivity index (χ4v) is 12.8. The van der Waals surface area contributed by atoms with Crippen molar-refractivity contribution in [3.63, 3.8) is 0 Å². The van der Waals surface area contributed by atoms with E-state index in [1.807, 2.05) is 42.6 Å². The lowest BCUT2D eigenvalue weighted by Crippen LogP contribution is -2.58. The number of ether oxygens (including phenoxy) is 1. The van der Waals surface area contributed by atoms with Crippen molar-refractivity contribution in [2.24, 2.45) is 12.5 Å². The molecule has 4 amide bonds. The summed E-state index contributed by atoms with van der Waals surface area (Å²) in [6.07, 6.45) is 9.69. The Morgan fingerprint density at radius 1 is 0.861 bits per heavy atom. The topological polar surface area (TPSA) is 191 Å². The lowest BCUT2D eigenvalue weighted by Gasteiger charge is -2.48. The average molecular weight is 976 g/mol. The van der Waals surface area contributed by atoms with Crippen LogP contribution in [0.15, 0.2) is 65.8 Å². The molecule has 18 heteroatoms. The van der Waals surface area contributed by atoms with Crippen LogP contribution in [0.5, 0.6) is 5.75 Å². The maximum Gasteiger partial charge on any atom is 0.276 e. The van der Waals surface area contributed by atoms with Gasteiger partial charge in [-0.05, 0) is 92.0 Å². The molecule has 10 heterocycles. The fraction of sp³-hybridized carbons (Fsp3) is 0.463. The molecule has 0 bridgehead atoms. The zero-order valence-electron chi connectivity index (χ0n) is 41.3. The Morgan fingerprint density at radius 3 is 2.51 bits per heavy atom. The second-order valence-electron chi connectivity index (χ2n) is 21.7. The minimum absolute atomic E-state index is 0.130. The van der Waals surface area contributed by atoms with Gasteiger partial charge in [0.1, 0.15) is 41.4 Å². The molecule has 1 unspecified atom stereocenters. The van der Waals surface area contributed by atoms with Gasteiger partial charge in [0.15, 0.2) is 0 Å². The van der Waals surface area contributed by atoms with E-state index in [0.29, 0.717) is 84.0 Å². The number of aliphatic hydroxyl groups is 1. The minimum Gasteiger partial charge on any atom is -0.491 e. The molecule has 7 aliphatic rings. The molecule has 5 aromatic rings. The number of hydrogen-bond acceptors (Lipinski definition) is 13. The largest absolute Gasteiger partial charge is 0.491 e. The Kier molecular flexibility index (Phi) is 11.4. The molecule has 4 aromatic heterocycles. The van der Waals surface area contributed by atoms with Crippen LogP contribution in [0.2, 0.25) is 0 Å². The van der Waals surface area contributed by atoms with Crippen molar-refractivity contribution in [3.8, 4) is 16.9 Å². The third-order valence-electron chi connectivity index (χ3n) is 16.4. The predicted octanol–water partition coefficient (Wildman–Crippen LogP) is 4.36. The van der Waals surface area contributed by atoms with E-state index in [2.05, 4.69) is 55.7 Å². The number of piperidine rings is 2. The van der Waals surface area contributed by atoms with Crippen molar-refractivity contribution >= 4 is 46.6 Å². The van der Waals surface area contributed by atoms with E-state index in [4.69, 9.17) is 9.72 Å². The number of aliphatic hydroxyl groups excluding tert-OH is 1. The van der Waals surface area contributed by atoms with Gasteiger partial charge in [-0.1, -0.05) is 19.9 Å². The molecular formula is C54H61N11O7. The SMILES string of the molecule is C[C@H]1CN([C@@H]2CCN3Cc4ccc5c(c4OC[C@H]3C2)CN(C2CCC(=O)NC2=O)C5=O)CCN1c1ccc(Nc2cc(-c3ccnc(N4CCn5c(cc6c5CC(C)(C)C6)C4=O)c3CO)cn(C)c2=O)nc1. The van der Waals surface area contributed by atoms with Crippen LogP contribution in [0.4, 0.5) is 23.0 Å². The van der Waals surface area contributed by atoms with E-state index < -0.39 is 11.9 Å². The summed E-state index contributed by atoms with van der Waals surface area (Å²) >= 11 is 0. The molecule has 0 spiro atoms. The standard InChI is InChI=1S/C54H61N11O7/c1-31-25-61(35-12-14-60-27-32-5-7-39-40(48(32)72-30-37(60)21-35)28-65(51(39)69)43-8-10-47(67)58-50(43)68)15-16-62(31)36-6-9-46(56-24-36)57-42-19-34(26-59(4)52(42)70)38-11-13-55-49(41(38)29-66)64-18-17-63-44(53(64)71)20-33-22-54(2,3)23-45(33)63/h5-7,9,11,13,19-20,24,26,31,35,37,43,66H,8,10,12,14-18,21-23,25,27-30H2,1-4H3,(H,56,57)(H,58,67,68)/t31-,35+,37+,43?/m0/s1. The van der Waals surface area contributed by atoms with Crippen LogP contribution in [-0.4, -0.2) is 126 Å². The van der Waals surface area contributed by atoms with E-state index in [9.17, 15) is 29.1 Å². The fourth-order valence-electron chi connectivity index (χ4n) is 12.8. The molecule has 3 fully saturated rings. The Balaban J connectivity index is 0.686. The summed E-state index contributed by atoms with van der Waals surface area (Å²) in [6, 6.07) is 13.6. The summed E-state index contributed by atoms with van der Waals surface area (Å²) in [5, 5.41) is 16.5. The molecule has 374 valence electrons. The van der Waals surface area contributed by atoms with Crippen LogP contribution in [0.3, 0.4) is 0 Å². The number of nitrogens with zero attached hydrogens (tertiary/aromatic N) is 9. The van der Waals surface area contributed by atoms with Gasteiger partial charge in [0, 0.05) is 123 Å². The number of hydrogen-bond donors (Lipinski definition) is 3. The maximum atomic E-state index is 14.0. The van der Waals surface area contributed by atoms with Crippen molar-refractivity contribution in [3.05, 3.63) is 111 Å². The molecular weight excluding hydrogens is 915 g/mol. The summed E-state index contributed by atoms with van der Waals surface area (Å²) in [4.78, 5) is 85.9. The number of carbonyl (C=O) groups is 4. The predicted molar refractivity (Wildman–Crippen MR) is 269 cm³/mol. The van der Waals surface area contributed by atoms with Crippen LogP contribution in [0.25, 0.3) is 11.1 Å². The van der Waals surface area contributed by atoms with Gasteiger partial charge in [0.25, 0.3) is 17.4 Å². The molecule has 0 saturated carbocycles. The molecule has 12 rings (SSSR count). The first-order chi connectivity index (χ1) is 34.7. The van der Waals surface area contributed by atoms with Crippen molar-refractivity contribution in [1.82, 2.24) is 39.1 Å². The smallest absolute Gasteiger partial charge is 0.276 e. The highest BCUT2D eigenvalue weighted by Crippen LogP contribution is 2.42. The van der Waals surface area contributed by atoms with Gasteiger partial charge in [0.05, 0.1) is 25.0 Å². The molecule has 3 saturated heterocycles. The molecule has 1 aliphatic carbocycles. The number of nitrogens with one attached hydrogen (secondary N) is 2. The van der Waals surface area contributed by atoms with Crippen LogP contribution in [0.1, 0.15) is 95.2 Å². The quantitative estimate of drug-likeness (QED) is 0.186. The summed E-state index contributed by atoms with van der Waals surface area (Å²) < 4.78 is 10.3. The first-order valence-electron chi connectivity index (χ1n) is 25.4. The highest BCUT2D eigenvalue weighted by atomic mass is 16.5. The van der Waals surface area contributed by atoms with Gasteiger partial charge in [-0.25, -0.2) is 9.97 Å². The van der Waals surface area contributed by atoms with Crippen molar-refractivity contribution in [1.29, 1.82) is 0 Å². The molecule has 0 radical (unpaired) electrons. The number of piperazine rings is 1. The Labute approximate surface area is 417 Å². The number of pyridine rings is 3. The number of anilines is 4. The molecule has 3 N–H and O–H groups in total. The number of imide groups is 1. The van der Waals surface area contributed by atoms with Gasteiger partial charge < -0.3 is 34.1 Å². The second-order valence-corrected chi connectivity index (χ2v) is 21.7. The minimum atomic E-state index is -0.667. The summed E-state index contributed by atoms with van der Waals surface area (Å²) in [5.74, 6) is 0.672. The zero-order chi connectivity index (χ0) is 49.7. The van der Waals surface area contributed by atoms with Gasteiger partial charge >= 0.3 is 0 Å². The first-order valence-corrected chi connectivity index (χ1v) is 25.4. The summed E-state index contributed by atoms with van der Waals surface area (Å²) in [7, 11) is 1.70. The zero-order valence-corrected chi connectivity index (χ0v) is 41.3. The van der Waals surface area contributed by atoms with Crippen LogP contribution in [-0.2, 0) is 55.7 Å². The lowest BCUT2D eigenvalue weighted by molar-refractivity contribution is -0.136. The first kappa shape index (κ1) is 46.2. The van der Waals surface area contributed by atoms with E-state index in [-0.39, 0.29) is 53.8 Å². The Morgan fingerprint density at radius 2 is 1.72 bits per heavy atom. The van der Waals surface area contributed by atoms with Gasteiger partial charge in [-0.15, -0.1) is 0 Å². The van der Waals surface area contributed by atoms with Crippen LogP contribution < -0.4 is 30.7 Å². The highest BCUT2D eigenvalue weighted by molar-refractivity contribution is 6.07. The van der Waals surface area contributed by atoms with E-state index >= 15 is 0 Å². The molecule has 1 aromatic carbocycles. The van der Waals surface area contributed by atoms with Gasteiger partial charge in [0.2, 0.25) is 11.8 Å². The molecule has 6 aliphatic heterocycles. The third-order valence-corrected chi connectivity index (χ3v) is 16.4. The molecule has 72 heavy (non-hydrogen) atoms. The molecule has 4 atom stereocenters. The van der Waals surface area contributed by atoms with E-state index in [1.54, 1.807) is 35.3 Å². The molecule has 18 nitrogen and oxygen atoms in total. The van der Waals surface area contributed by atoms with Crippen LogP contribution in [0, 0.1) is 5.41 Å². The maximum absolute atomic E-state index is 14.0. The summed E-state index contributed by atoms with van der Waals surface area (Å²) in [5.41, 5.74) is 8.78. The number of fused-ring (bicyclic) bond motifs is 7. The number of benzene rings is 1. The highest BCUT2D eigenvalue weighted by Gasteiger charge is 2.43. The third kappa shape index (κ3) is 7.94. The number of amides is 4. The second kappa shape index (κ2) is 17.7. The van der Waals surface area contributed by atoms with Crippen molar-refractivity contribution in [2.45, 2.75) is 110 Å².